The van der Waals surface area contributed by atoms with Crippen molar-refractivity contribution in [3.63, 3.8) is 0 Å². The van der Waals surface area contributed by atoms with Gasteiger partial charge in [-0.25, -0.2) is 8.78 Å². The Morgan fingerprint density at radius 2 is 2.11 bits per heavy atom. The molecule has 0 aliphatic rings. The monoisotopic (exact) mass is 259 g/mol. The zero-order valence-electron chi connectivity index (χ0n) is 9.50. The highest BCUT2D eigenvalue weighted by atomic mass is 19.2. The molecule has 0 saturated carbocycles. The molecule has 0 bridgehead atoms. The molecule has 1 aromatic rings. The predicted molar refractivity (Wildman–Crippen MR) is 60.2 cm³/mol. The number of hydrogen-bond donors (Lipinski definition) is 2. The molecule has 0 unspecified atom stereocenters. The fourth-order valence-electron chi connectivity index (χ4n) is 1.25. The van der Waals surface area contributed by atoms with Crippen molar-refractivity contribution < 1.29 is 18.5 Å². The van der Waals surface area contributed by atoms with Crippen LogP contribution in [0, 0.1) is 21.7 Å². The van der Waals surface area contributed by atoms with Gasteiger partial charge < -0.3 is 10.6 Å². The van der Waals surface area contributed by atoms with Crippen molar-refractivity contribution in [2.75, 3.05) is 18.9 Å². The maximum Gasteiger partial charge on any atom is 0.296 e. The first-order valence-electron chi connectivity index (χ1n) is 5.04. The van der Waals surface area contributed by atoms with E-state index in [2.05, 4.69) is 5.32 Å². The molecule has 18 heavy (non-hydrogen) atoms. The number of benzene rings is 1. The van der Waals surface area contributed by atoms with Gasteiger partial charge in [0.2, 0.25) is 5.91 Å². The number of nitro benzene ring substituents is 1. The number of carbonyl (C=O) groups is 1. The highest BCUT2D eigenvalue weighted by molar-refractivity contribution is 5.93. The summed E-state index contributed by atoms with van der Waals surface area (Å²) >= 11 is 0. The Kier molecular flexibility index (Phi) is 4.67. The van der Waals surface area contributed by atoms with Crippen LogP contribution in [0.4, 0.5) is 20.2 Å². The van der Waals surface area contributed by atoms with Gasteiger partial charge >= 0.3 is 0 Å². The average molecular weight is 259 g/mol. The fraction of sp³-hybridized carbons (Fsp3) is 0.300. The van der Waals surface area contributed by atoms with E-state index in [9.17, 15) is 23.7 Å². The number of nitrogens with zero attached hydrogens (tertiary/aromatic N) is 1. The summed E-state index contributed by atoms with van der Waals surface area (Å²) < 4.78 is 26.4. The van der Waals surface area contributed by atoms with E-state index in [4.69, 9.17) is 0 Å². The lowest BCUT2D eigenvalue weighted by Crippen LogP contribution is -2.20. The lowest BCUT2D eigenvalue weighted by atomic mass is 10.2. The molecular weight excluding hydrogens is 248 g/mol. The third-order valence-electron chi connectivity index (χ3n) is 2.14. The van der Waals surface area contributed by atoms with Crippen LogP contribution in [0.15, 0.2) is 12.1 Å². The maximum absolute atomic E-state index is 13.4. The van der Waals surface area contributed by atoms with Gasteiger partial charge in [-0.1, -0.05) is 0 Å². The fourth-order valence-corrected chi connectivity index (χ4v) is 1.25. The average Bonchev–Trinajstić information content (AvgIpc) is 2.32. The quantitative estimate of drug-likeness (QED) is 0.618. The topological polar surface area (TPSA) is 84.3 Å². The number of hydrogen-bond acceptors (Lipinski definition) is 4. The van der Waals surface area contributed by atoms with Crippen LogP contribution in [0.2, 0.25) is 0 Å². The van der Waals surface area contributed by atoms with Crippen LogP contribution < -0.4 is 10.6 Å². The standard InChI is InChI=1S/C10H11F2N3O3/c1-13-5-4-8(16)14-10-7(15(17)18)3-2-6(11)9(10)12/h2-3,13H,4-5H2,1H3,(H,14,16). The van der Waals surface area contributed by atoms with Crippen LogP contribution in [0.3, 0.4) is 0 Å². The molecule has 0 spiro atoms. The number of nitrogens with one attached hydrogen (secondary N) is 2. The highest BCUT2D eigenvalue weighted by Gasteiger charge is 2.22. The minimum absolute atomic E-state index is 0.0103. The highest BCUT2D eigenvalue weighted by Crippen LogP contribution is 2.29. The summed E-state index contributed by atoms with van der Waals surface area (Å²) in [5.41, 5.74) is -1.44. The lowest BCUT2D eigenvalue weighted by Gasteiger charge is -2.07. The van der Waals surface area contributed by atoms with Gasteiger partial charge in [0.05, 0.1) is 4.92 Å². The SMILES string of the molecule is CNCCC(=O)Nc1c([N+](=O)[O-])ccc(F)c1F. The smallest absolute Gasteiger partial charge is 0.296 e. The molecule has 0 aliphatic heterocycles. The van der Waals surface area contributed by atoms with Gasteiger partial charge in [0, 0.05) is 19.0 Å². The van der Waals surface area contributed by atoms with Gasteiger partial charge in [0.1, 0.15) is 0 Å². The van der Waals surface area contributed by atoms with E-state index in [0.29, 0.717) is 12.6 Å². The van der Waals surface area contributed by atoms with Crippen LogP contribution in [0.1, 0.15) is 6.42 Å². The Balaban J connectivity index is 3.02. The summed E-state index contributed by atoms with van der Waals surface area (Å²) in [6, 6.07) is 1.43. The molecular formula is C10H11F2N3O3. The lowest BCUT2D eigenvalue weighted by molar-refractivity contribution is -0.384. The van der Waals surface area contributed by atoms with Gasteiger partial charge in [-0.15, -0.1) is 0 Å². The second-order valence-corrected chi connectivity index (χ2v) is 3.41. The first-order valence-corrected chi connectivity index (χ1v) is 5.04. The molecule has 0 atom stereocenters. The molecule has 0 heterocycles. The maximum atomic E-state index is 13.4. The molecule has 0 saturated heterocycles. The Labute approximate surface area is 101 Å². The summed E-state index contributed by atoms with van der Waals surface area (Å²) in [5.74, 6) is -3.34. The Bertz CT molecular complexity index is 480. The van der Waals surface area contributed by atoms with Crippen LogP contribution in [0.5, 0.6) is 0 Å². The van der Waals surface area contributed by atoms with Crippen LogP contribution in [-0.2, 0) is 4.79 Å². The molecule has 0 radical (unpaired) electrons. The van der Waals surface area contributed by atoms with Gasteiger partial charge in [-0.2, -0.15) is 0 Å². The summed E-state index contributed by atoms with van der Waals surface area (Å²) in [5, 5.41) is 15.3. The van der Waals surface area contributed by atoms with Gasteiger partial charge in [0.15, 0.2) is 17.3 Å². The van der Waals surface area contributed by atoms with Crippen molar-refractivity contribution in [2.45, 2.75) is 6.42 Å². The minimum Gasteiger partial charge on any atom is -0.319 e. The summed E-state index contributed by atoms with van der Waals surface area (Å²) in [4.78, 5) is 21.1. The van der Waals surface area contributed by atoms with Crippen LogP contribution in [-0.4, -0.2) is 24.4 Å². The first kappa shape index (κ1) is 14.0. The van der Waals surface area contributed by atoms with E-state index in [-0.39, 0.29) is 6.42 Å². The van der Waals surface area contributed by atoms with Crippen molar-refractivity contribution >= 4 is 17.3 Å². The van der Waals surface area contributed by atoms with Crippen molar-refractivity contribution in [1.29, 1.82) is 0 Å². The number of carbonyl (C=O) groups excluding carboxylic acids is 1. The Morgan fingerprint density at radius 3 is 2.67 bits per heavy atom. The molecule has 8 heteroatoms. The van der Waals surface area contributed by atoms with E-state index in [1.165, 1.54) is 0 Å². The predicted octanol–water partition coefficient (Wildman–Crippen LogP) is 1.42. The zero-order valence-corrected chi connectivity index (χ0v) is 9.50. The third kappa shape index (κ3) is 3.20. The largest absolute Gasteiger partial charge is 0.319 e. The van der Waals surface area contributed by atoms with Gasteiger partial charge in [-0.3, -0.25) is 14.9 Å². The molecule has 0 aromatic heterocycles. The second kappa shape index (κ2) is 6.01. The summed E-state index contributed by atoms with van der Waals surface area (Å²) in [6.07, 6.45) is -0.0103. The summed E-state index contributed by atoms with van der Waals surface area (Å²) in [6.45, 7) is 0.316. The van der Waals surface area contributed by atoms with E-state index < -0.39 is 33.8 Å². The third-order valence-corrected chi connectivity index (χ3v) is 2.14. The molecule has 1 rings (SSSR count). The number of rotatable bonds is 5. The molecule has 6 nitrogen and oxygen atoms in total. The van der Waals surface area contributed by atoms with E-state index >= 15 is 0 Å². The van der Waals surface area contributed by atoms with Crippen molar-refractivity contribution in [2.24, 2.45) is 0 Å². The minimum atomic E-state index is -1.44. The summed E-state index contributed by atoms with van der Waals surface area (Å²) in [7, 11) is 1.61. The molecule has 2 N–H and O–H groups in total. The van der Waals surface area contributed by atoms with Crippen LogP contribution >= 0.6 is 0 Å². The molecule has 1 amide bonds. The van der Waals surface area contributed by atoms with Gasteiger partial charge in [0.25, 0.3) is 5.69 Å². The number of anilines is 1. The van der Waals surface area contributed by atoms with E-state index in [0.717, 1.165) is 6.07 Å². The normalized spacial score (nSPS) is 10.2. The van der Waals surface area contributed by atoms with E-state index in [1.54, 1.807) is 7.05 Å². The number of nitro groups is 1. The molecule has 98 valence electrons. The van der Waals surface area contributed by atoms with Crippen molar-refractivity contribution in [1.82, 2.24) is 5.32 Å². The van der Waals surface area contributed by atoms with E-state index in [1.807, 2.05) is 5.32 Å². The first-order chi connectivity index (χ1) is 8.47. The molecule has 0 aliphatic carbocycles. The zero-order chi connectivity index (χ0) is 13.7. The Morgan fingerprint density at radius 1 is 1.44 bits per heavy atom. The van der Waals surface area contributed by atoms with Crippen LogP contribution in [0.25, 0.3) is 0 Å². The second-order valence-electron chi connectivity index (χ2n) is 3.41. The van der Waals surface area contributed by atoms with Crippen molar-refractivity contribution in [3.05, 3.63) is 33.9 Å². The van der Waals surface area contributed by atoms with Crippen molar-refractivity contribution in [3.8, 4) is 0 Å². The molecule has 0 fully saturated rings. The van der Waals surface area contributed by atoms with Gasteiger partial charge in [-0.05, 0) is 13.1 Å². The number of amides is 1. The molecule has 1 aromatic carbocycles. The number of halogens is 2. The Hall–Kier alpha value is -2.09.